The van der Waals surface area contributed by atoms with Crippen molar-refractivity contribution in [3.05, 3.63) is 6.92 Å². The van der Waals surface area contributed by atoms with E-state index in [4.69, 9.17) is 11.3 Å². The summed E-state index contributed by atoms with van der Waals surface area (Å²) in [7, 11) is 0.348. The van der Waals surface area contributed by atoms with Crippen molar-refractivity contribution in [1.29, 1.82) is 0 Å². The van der Waals surface area contributed by atoms with Crippen molar-refractivity contribution in [3.63, 3.8) is 0 Å². The van der Waals surface area contributed by atoms with Crippen molar-refractivity contribution in [3.8, 4) is 0 Å². The molecule has 0 aliphatic rings. The first kappa shape index (κ1) is 7.18. The van der Waals surface area contributed by atoms with Crippen molar-refractivity contribution in [1.82, 2.24) is 0 Å². The second-order valence-corrected chi connectivity index (χ2v) is 6.50. The van der Waals surface area contributed by atoms with Crippen LogP contribution in [-0.2, 0) is 4.43 Å². The molecule has 0 N–H and O–H groups in total. The standard InChI is InChI=1S/C5H12OSi/c1-5-7(3,4)6-2/h1H,5H2,2-4H3. The molecule has 0 fully saturated rings. The lowest BCUT2D eigenvalue weighted by molar-refractivity contribution is 0.407. The number of hydrogen-bond donors (Lipinski definition) is 0. The average molecular weight is 116 g/mol. The Labute approximate surface area is 46.8 Å². The minimum Gasteiger partial charge on any atom is -0.420 e. The van der Waals surface area contributed by atoms with Crippen molar-refractivity contribution in [2.75, 3.05) is 7.11 Å². The topological polar surface area (TPSA) is 9.23 Å². The summed E-state index contributed by atoms with van der Waals surface area (Å²) in [4.78, 5) is 0. The lowest BCUT2D eigenvalue weighted by Crippen LogP contribution is -2.26. The first-order valence-corrected chi connectivity index (χ1v) is 5.49. The van der Waals surface area contributed by atoms with E-state index in [1.54, 1.807) is 7.11 Å². The van der Waals surface area contributed by atoms with Crippen LogP contribution in [0.5, 0.6) is 0 Å². The Morgan fingerprint density at radius 2 is 2.00 bits per heavy atom. The summed E-state index contributed by atoms with van der Waals surface area (Å²) in [5.74, 6) is 0. The zero-order valence-corrected chi connectivity index (χ0v) is 6.19. The molecule has 7 heavy (non-hydrogen) atoms. The highest BCUT2D eigenvalue weighted by atomic mass is 28.4. The van der Waals surface area contributed by atoms with Gasteiger partial charge in [0.25, 0.3) is 0 Å². The molecule has 0 spiro atoms. The summed E-state index contributed by atoms with van der Waals surface area (Å²) in [6.07, 6.45) is 0. The number of hydrogen-bond acceptors (Lipinski definition) is 1. The van der Waals surface area contributed by atoms with Crippen molar-refractivity contribution >= 4 is 8.32 Å². The Morgan fingerprint density at radius 3 is 2.00 bits per heavy atom. The first-order chi connectivity index (χ1) is 3.12. The van der Waals surface area contributed by atoms with Crippen LogP contribution in [0.4, 0.5) is 0 Å². The van der Waals surface area contributed by atoms with Gasteiger partial charge in [0.1, 0.15) is 0 Å². The summed E-state index contributed by atoms with van der Waals surface area (Å²) in [6, 6.07) is 0.712. The SMILES string of the molecule is [CH]C[Si](C)(C)OC. The Kier molecular flexibility index (Phi) is 2.54. The monoisotopic (exact) mass is 116 g/mol. The molecule has 42 valence electrons. The molecule has 0 aliphatic heterocycles. The van der Waals surface area contributed by atoms with Crippen LogP contribution in [0, 0.1) is 6.92 Å². The molecule has 0 heterocycles. The minimum absolute atomic E-state index is 0.712. The molecule has 0 amide bonds. The molecule has 0 rings (SSSR count). The van der Waals surface area contributed by atoms with Gasteiger partial charge in [-0.3, -0.25) is 0 Å². The van der Waals surface area contributed by atoms with Crippen molar-refractivity contribution < 1.29 is 4.43 Å². The Bertz CT molecular complexity index is 46.0. The van der Waals surface area contributed by atoms with E-state index in [2.05, 4.69) is 13.1 Å². The normalized spacial score (nSPS) is 12.0. The fourth-order valence-electron chi connectivity index (χ4n) is 0.0833. The molecule has 2 radical (unpaired) electrons. The van der Waals surface area contributed by atoms with E-state index >= 15 is 0 Å². The molecule has 0 aromatic rings. The molecular formula is C5H12OSi. The maximum Gasteiger partial charge on any atom is 0.186 e. The smallest absolute Gasteiger partial charge is 0.186 e. The van der Waals surface area contributed by atoms with E-state index in [1.807, 2.05) is 0 Å². The quantitative estimate of drug-likeness (QED) is 0.497. The van der Waals surface area contributed by atoms with E-state index < -0.39 is 8.32 Å². The molecule has 0 bridgehead atoms. The predicted molar refractivity (Wildman–Crippen MR) is 33.6 cm³/mol. The van der Waals surface area contributed by atoms with E-state index in [1.165, 1.54) is 0 Å². The van der Waals surface area contributed by atoms with E-state index in [9.17, 15) is 0 Å². The summed E-state index contributed by atoms with van der Waals surface area (Å²) in [6.45, 7) is 9.53. The Hall–Kier alpha value is 0.177. The van der Waals surface area contributed by atoms with Gasteiger partial charge in [-0.15, -0.1) is 0 Å². The lowest BCUT2D eigenvalue weighted by Gasteiger charge is -2.15. The maximum atomic E-state index is 5.35. The summed E-state index contributed by atoms with van der Waals surface area (Å²) < 4.78 is 5.10. The first-order valence-electron chi connectivity index (χ1n) is 2.37. The molecule has 0 saturated heterocycles. The van der Waals surface area contributed by atoms with Crippen LogP contribution in [-0.4, -0.2) is 15.4 Å². The van der Waals surface area contributed by atoms with Crippen molar-refractivity contribution in [2.45, 2.75) is 19.1 Å². The van der Waals surface area contributed by atoms with Gasteiger partial charge in [-0.1, -0.05) is 0 Å². The van der Waals surface area contributed by atoms with Gasteiger partial charge in [-0.25, -0.2) is 0 Å². The zero-order valence-electron chi connectivity index (χ0n) is 5.19. The minimum atomic E-state index is -1.37. The Balaban J connectivity index is 3.36. The summed E-state index contributed by atoms with van der Waals surface area (Å²) >= 11 is 0. The van der Waals surface area contributed by atoms with Crippen LogP contribution >= 0.6 is 0 Å². The van der Waals surface area contributed by atoms with Crippen LogP contribution in [0.25, 0.3) is 0 Å². The molecule has 0 aromatic heterocycles. The highest BCUT2D eigenvalue weighted by Gasteiger charge is 2.15. The lowest BCUT2D eigenvalue weighted by atomic mass is 11.0. The highest BCUT2D eigenvalue weighted by Crippen LogP contribution is 2.06. The second kappa shape index (κ2) is 2.48. The molecule has 0 aromatic carbocycles. The molecule has 1 nitrogen and oxygen atoms in total. The van der Waals surface area contributed by atoms with Gasteiger partial charge in [-0.2, -0.15) is 0 Å². The van der Waals surface area contributed by atoms with Crippen LogP contribution in [0.15, 0.2) is 0 Å². The van der Waals surface area contributed by atoms with Gasteiger partial charge in [-0.05, 0) is 26.1 Å². The third-order valence-corrected chi connectivity index (χ3v) is 3.13. The predicted octanol–water partition coefficient (Wildman–Crippen LogP) is 1.55. The molecular weight excluding hydrogens is 104 g/mol. The van der Waals surface area contributed by atoms with E-state index in [-0.39, 0.29) is 0 Å². The summed E-state index contributed by atoms with van der Waals surface area (Å²) in [5, 5.41) is 0. The average Bonchev–Trinajstić information content (AvgIpc) is 1.68. The van der Waals surface area contributed by atoms with Gasteiger partial charge in [0.15, 0.2) is 8.32 Å². The fourth-order valence-corrected chi connectivity index (χ4v) is 0.250. The molecule has 0 aliphatic carbocycles. The Morgan fingerprint density at radius 1 is 1.57 bits per heavy atom. The molecule has 0 saturated carbocycles. The second-order valence-electron chi connectivity index (χ2n) is 2.17. The van der Waals surface area contributed by atoms with Gasteiger partial charge in [0.2, 0.25) is 0 Å². The fraction of sp³-hybridized carbons (Fsp3) is 0.800. The van der Waals surface area contributed by atoms with Gasteiger partial charge in [0.05, 0.1) is 0 Å². The van der Waals surface area contributed by atoms with Crippen LogP contribution in [0.2, 0.25) is 19.1 Å². The summed E-state index contributed by atoms with van der Waals surface area (Å²) in [5.41, 5.74) is 0. The zero-order chi connectivity index (χ0) is 5.91. The molecule has 0 atom stereocenters. The third kappa shape index (κ3) is 2.82. The number of rotatable bonds is 2. The van der Waals surface area contributed by atoms with Gasteiger partial charge < -0.3 is 4.43 Å². The van der Waals surface area contributed by atoms with E-state index in [0.717, 1.165) is 0 Å². The van der Waals surface area contributed by atoms with Crippen LogP contribution in [0.3, 0.4) is 0 Å². The van der Waals surface area contributed by atoms with Crippen LogP contribution < -0.4 is 0 Å². The highest BCUT2D eigenvalue weighted by molar-refractivity contribution is 6.71. The third-order valence-electron chi connectivity index (χ3n) is 1.04. The molecule has 2 heteroatoms. The largest absolute Gasteiger partial charge is 0.420 e. The van der Waals surface area contributed by atoms with Gasteiger partial charge >= 0.3 is 0 Å². The molecule has 0 unspecified atom stereocenters. The van der Waals surface area contributed by atoms with Gasteiger partial charge in [0, 0.05) is 7.11 Å². The van der Waals surface area contributed by atoms with Crippen molar-refractivity contribution in [2.24, 2.45) is 0 Å². The van der Waals surface area contributed by atoms with Crippen LogP contribution in [0.1, 0.15) is 0 Å². The maximum absolute atomic E-state index is 5.35. The van der Waals surface area contributed by atoms with E-state index in [0.29, 0.717) is 6.04 Å².